The van der Waals surface area contributed by atoms with Crippen LogP contribution in [0.4, 0.5) is 0 Å². The lowest BCUT2D eigenvalue weighted by Gasteiger charge is -2.61. The zero-order valence-electron chi connectivity index (χ0n) is 27.1. The lowest BCUT2D eigenvalue weighted by molar-refractivity contribution is -0.0399. The van der Waals surface area contributed by atoms with Gasteiger partial charge in [-0.2, -0.15) is 0 Å². The molecule has 4 fully saturated rings. The van der Waals surface area contributed by atoms with Crippen LogP contribution in [0, 0.1) is 23.7 Å². The molecule has 4 saturated carbocycles. The quantitative estimate of drug-likeness (QED) is 0.197. The van der Waals surface area contributed by atoms with E-state index in [1.165, 1.54) is 70.7 Å². The van der Waals surface area contributed by atoms with Gasteiger partial charge >= 0.3 is 0 Å². The van der Waals surface area contributed by atoms with Crippen LogP contribution in [-0.4, -0.2) is 9.97 Å². The fourth-order valence-electron chi connectivity index (χ4n) is 11.3. The first kappa shape index (κ1) is 27.2. The molecule has 0 saturated heterocycles. The Bertz CT molecular complexity index is 2320. The van der Waals surface area contributed by atoms with Gasteiger partial charge in [-0.25, -0.2) is 9.97 Å². The fourth-order valence-corrected chi connectivity index (χ4v) is 11.3. The van der Waals surface area contributed by atoms with Crippen molar-refractivity contribution >= 4 is 27.4 Å². The average molecular weight is 619 g/mol. The van der Waals surface area contributed by atoms with E-state index in [0.29, 0.717) is 0 Å². The number of rotatable bonds is 3. The van der Waals surface area contributed by atoms with E-state index in [9.17, 15) is 0 Å². The highest BCUT2D eigenvalue weighted by Gasteiger charge is 2.61. The van der Waals surface area contributed by atoms with Crippen molar-refractivity contribution < 1.29 is 0 Å². The van der Waals surface area contributed by atoms with Gasteiger partial charge in [0.05, 0.1) is 22.4 Å². The van der Waals surface area contributed by atoms with Crippen molar-refractivity contribution in [3.63, 3.8) is 0 Å². The number of aromatic nitrogens is 2. The molecule has 12 rings (SSSR count). The van der Waals surface area contributed by atoms with Gasteiger partial charge in [0.25, 0.3) is 0 Å². The van der Waals surface area contributed by atoms with Crippen molar-refractivity contribution in [3.05, 3.63) is 150 Å². The maximum atomic E-state index is 5.40. The van der Waals surface area contributed by atoms with Crippen LogP contribution in [0.2, 0.25) is 0 Å². The Labute approximate surface area is 282 Å². The van der Waals surface area contributed by atoms with E-state index in [0.717, 1.165) is 52.5 Å². The maximum absolute atomic E-state index is 5.40. The van der Waals surface area contributed by atoms with Crippen molar-refractivity contribution in [2.75, 3.05) is 0 Å². The lowest BCUT2D eigenvalue weighted by Crippen LogP contribution is -2.55. The zero-order chi connectivity index (χ0) is 31.4. The maximum Gasteiger partial charge on any atom is 0.0931 e. The van der Waals surface area contributed by atoms with E-state index in [1.54, 1.807) is 11.1 Å². The highest BCUT2D eigenvalue weighted by Crippen LogP contribution is 2.70. The van der Waals surface area contributed by atoms with Crippen molar-refractivity contribution in [1.29, 1.82) is 0 Å². The molecule has 0 aliphatic heterocycles. The van der Waals surface area contributed by atoms with Gasteiger partial charge < -0.3 is 0 Å². The average Bonchev–Trinajstić information content (AvgIpc) is 3.44. The van der Waals surface area contributed by atoms with Crippen LogP contribution in [0.15, 0.2) is 127 Å². The Morgan fingerprint density at radius 2 is 1.31 bits per heavy atom. The topological polar surface area (TPSA) is 25.8 Å². The van der Waals surface area contributed by atoms with Crippen molar-refractivity contribution in [1.82, 2.24) is 9.97 Å². The summed E-state index contributed by atoms with van der Waals surface area (Å²) in [6.07, 6.45) is 15.0. The van der Waals surface area contributed by atoms with Gasteiger partial charge in [-0.05, 0) is 125 Å². The molecule has 6 aliphatic carbocycles. The number of hydrogen-bond donors (Lipinski definition) is 0. The van der Waals surface area contributed by atoms with E-state index in [-0.39, 0.29) is 11.3 Å². The molecule has 6 aliphatic rings. The van der Waals surface area contributed by atoms with Crippen LogP contribution in [0.1, 0.15) is 66.8 Å². The Morgan fingerprint density at radius 1 is 0.604 bits per heavy atom. The molecule has 6 aromatic rings. The minimum Gasteiger partial charge on any atom is -0.248 e. The van der Waals surface area contributed by atoms with Gasteiger partial charge in [0, 0.05) is 16.9 Å². The minimum atomic E-state index is 0.142. The third-order valence-corrected chi connectivity index (χ3v) is 13.0. The standard InChI is InChI=1S/C46H38N2/c1-2-8-30(9-3-1)31-14-16-33(17-15-31)44-45(48-42-13-7-6-12-41(42)47-44)34-19-20-39-38(27-34)43-37-11-5-4-10-32(37)18-21-40(43)46(39)35-23-28-22-29(25-35)26-36(46)24-28/h1-16,18-21,27-29,33,35-36H,17,22-26H2. The summed E-state index contributed by atoms with van der Waals surface area (Å²) in [7, 11) is 0. The Morgan fingerprint density at radius 3 is 2.08 bits per heavy atom. The molecule has 0 amide bonds. The molecule has 1 aromatic heterocycles. The summed E-state index contributed by atoms with van der Waals surface area (Å²) in [5, 5.41) is 2.74. The monoisotopic (exact) mass is 618 g/mol. The number of hydrogen-bond acceptors (Lipinski definition) is 2. The SMILES string of the molecule is C1=CC(c2nc3ccccc3nc2-c2ccc3c(c2)-c2c(ccc4ccccc24)C32C3CC4CC(C3)CC2C4)CC=C1c1ccccc1. The number of para-hydroxylation sites is 2. The summed E-state index contributed by atoms with van der Waals surface area (Å²) < 4.78 is 0. The molecule has 1 atom stereocenters. The highest BCUT2D eigenvalue weighted by molar-refractivity contribution is 6.03. The number of benzene rings is 5. The normalized spacial score (nSPS) is 27.8. The summed E-state index contributed by atoms with van der Waals surface area (Å²) in [6, 6.07) is 40.5. The van der Waals surface area contributed by atoms with E-state index in [4.69, 9.17) is 9.97 Å². The Hall–Kier alpha value is -4.82. The fraction of sp³-hybridized carbons (Fsp3) is 0.261. The van der Waals surface area contributed by atoms with Gasteiger partial charge in [-0.3, -0.25) is 0 Å². The predicted octanol–water partition coefficient (Wildman–Crippen LogP) is 11.3. The number of nitrogens with zero attached hydrogens (tertiary/aromatic N) is 2. The second-order valence-electron chi connectivity index (χ2n) is 15.3. The van der Waals surface area contributed by atoms with Crippen LogP contribution in [-0.2, 0) is 5.41 Å². The molecular formula is C46H38N2. The first-order valence-corrected chi connectivity index (χ1v) is 18.1. The second kappa shape index (κ2) is 10.1. The lowest BCUT2D eigenvalue weighted by atomic mass is 9.43. The van der Waals surface area contributed by atoms with E-state index >= 15 is 0 Å². The van der Waals surface area contributed by atoms with E-state index in [1.807, 2.05) is 0 Å². The molecular weight excluding hydrogens is 581 g/mol. The van der Waals surface area contributed by atoms with Crippen molar-refractivity contribution in [2.24, 2.45) is 23.7 Å². The summed E-state index contributed by atoms with van der Waals surface area (Å²) in [5.41, 5.74) is 14.0. The van der Waals surface area contributed by atoms with Crippen molar-refractivity contribution in [3.8, 4) is 22.4 Å². The zero-order valence-corrected chi connectivity index (χ0v) is 27.1. The van der Waals surface area contributed by atoms with Crippen molar-refractivity contribution in [2.45, 2.75) is 49.9 Å². The van der Waals surface area contributed by atoms with Crippen LogP contribution in [0.5, 0.6) is 0 Å². The van der Waals surface area contributed by atoms with Gasteiger partial charge in [0.15, 0.2) is 0 Å². The van der Waals surface area contributed by atoms with Crippen LogP contribution in [0.3, 0.4) is 0 Å². The summed E-state index contributed by atoms with van der Waals surface area (Å²) in [6.45, 7) is 0. The Balaban J connectivity index is 1.10. The summed E-state index contributed by atoms with van der Waals surface area (Å²) in [4.78, 5) is 10.8. The number of allylic oxidation sites excluding steroid dienone is 4. The summed E-state index contributed by atoms with van der Waals surface area (Å²) in [5.74, 6) is 3.52. The largest absolute Gasteiger partial charge is 0.248 e. The Kier molecular flexibility index (Phi) is 5.71. The smallest absolute Gasteiger partial charge is 0.0931 e. The van der Waals surface area contributed by atoms with Crippen LogP contribution >= 0.6 is 0 Å². The molecule has 2 heteroatoms. The molecule has 1 spiro atoms. The summed E-state index contributed by atoms with van der Waals surface area (Å²) >= 11 is 0. The van der Waals surface area contributed by atoms with E-state index < -0.39 is 0 Å². The third kappa shape index (κ3) is 3.75. The molecule has 0 radical (unpaired) electrons. The first-order valence-electron chi connectivity index (χ1n) is 18.1. The first-order chi connectivity index (χ1) is 23.7. The van der Waals surface area contributed by atoms with Crippen LogP contribution < -0.4 is 0 Å². The molecule has 1 unspecified atom stereocenters. The molecule has 1 heterocycles. The predicted molar refractivity (Wildman–Crippen MR) is 197 cm³/mol. The van der Waals surface area contributed by atoms with Crippen LogP contribution in [0.25, 0.3) is 49.8 Å². The highest BCUT2D eigenvalue weighted by atomic mass is 14.8. The minimum absolute atomic E-state index is 0.142. The molecule has 48 heavy (non-hydrogen) atoms. The second-order valence-corrected chi connectivity index (χ2v) is 15.3. The van der Waals surface area contributed by atoms with Gasteiger partial charge in [0.2, 0.25) is 0 Å². The molecule has 2 nitrogen and oxygen atoms in total. The van der Waals surface area contributed by atoms with E-state index in [2.05, 4.69) is 127 Å². The molecule has 232 valence electrons. The van der Waals surface area contributed by atoms with Gasteiger partial charge in [-0.1, -0.05) is 109 Å². The molecule has 5 aromatic carbocycles. The van der Waals surface area contributed by atoms with Gasteiger partial charge in [-0.15, -0.1) is 0 Å². The third-order valence-electron chi connectivity index (χ3n) is 13.0. The van der Waals surface area contributed by atoms with Gasteiger partial charge in [0.1, 0.15) is 0 Å². The molecule has 0 N–H and O–H groups in total. The molecule has 4 bridgehead atoms. The number of fused-ring (bicyclic) bond motifs is 6.